The van der Waals surface area contributed by atoms with E-state index in [4.69, 9.17) is 0 Å². The normalized spacial score (nSPS) is 11.1. The van der Waals surface area contributed by atoms with Gasteiger partial charge in [0.1, 0.15) is 12.2 Å². The van der Waals surface area contributed by atoms with Gasteiger partial charge in [0.2, 0.25) is 0 Å². The fourth-order valence-corrected chi connectivity index (χ4v) is 1.79. The number of nitrogens with one attached hydrogen (secondary N) is 1. The van der Waals surface area contributed by atoms with Gasteiger partial charge in [-0.1, -0.05) is 6.07 Å². The SMILES string of the molecule is CC(C)n1ncnc1CNCCc1ccccn1. The minimum Gasteiger partial charge on any atom is -0.309 e. The summed E-state index contributed by atoms with van der Waals surface area (Å²) in [5, 5.41) is 7.57. The second kappa shape index (κ2) is 6.26. The molecule has 0 radical (unpaired) electrons. The molecule has 0 aliphatic heterocycles. The van der Waals surface area contributed by atoms with E-state index in [0.29, 0.717) is 6.04 Å². The highest BCUT2D eigenvalue weighted by atomic mass is 15.3. The van der Waals surface area contributed by atoms with Gasteiger partial charge in [0.25, 0.3) is 0 Å². The number of aromatic nitrogens is 4. The zero-order valence-electron chi connectivity index (χ0n) is 10.9. The molecule has 2 rings (SSSR count). The molecule has 1 N–H and O–H groups in total. The van der Waals surface area contributed by atoms with Crippen molar-refractivity contribution in [3.05, 3.63) is 42.2 Å². The quantitative estimate of drug-likeness (QED) is 0.785. The Bertz CT molecular complexity index is 463. The van der Waals surface area contributed by atoms with Crippen LogP contribution >= 0.6 is 0 Å². The number of pyridine rings is 1. The standard InChI is InChI=1S/C13H19N5/c1-11(2)18-13(16-10-17-18)9-14-8-6-12-5-3-4-7-15-12/h3-5,7,10-11,14H,6,8-9H2,1-2H3. The topological polar surface area (TPSA) is 55.6 Å². The molecule has 96 valence electrons. The first-order valence-electron chi connectivity index (χ1n) is 6.26. The van der Waals surface area contributed by atoms with Crippen LogP contribution in [0.4, 0.5) is 0 Å². The zero-order chi connectivity index (χ0) is 12.8. The van der Waals surface area contributed by atoms with Gasteiger partial charge in [-0.15, -0.1) is 0 Å². The van der Waals surface area contributed by atoms with Crippen LogP contribution in [0.1, 0.15) is 31.4 Å². The molecule has 0 amide bonds. The van der Waals surface area contributed by atoms with Crippen LogP contribution in [-0.2, 0) is 13.0 Å². The van der Waals surface area contributed by atoms with Gasteiger partial charge in [-0.3, -0.25) is 4.98 Å². The molecule has 0 atom stereocenters. The zero-order valence-corrected chi connectivity index (χ0v) is 10.9. The van der Waals surface area contributed by atoms with E-state index in [1.807, 2.05) is 29.1 Å². The molecule has 5 heteroatoms. The Balaban J connectivity index is 1.77. The Hall–Kier alpha value is -1.75. The molecule has 0 aliphatic rings. The van der Waals surface area contributed by atoms with Crippen LogP contribution in [0.15, 0.2) is 30.7 Å². The van der Waals surface area contributed by atoms with E-state index in [1.54, 1.807) is 6.33 Å². The minimum atomic E-state index is 0.347. The molecule has 0 aromatic carbocycles. The molecule has 0 unspecified atom stereocenters. The van der Waals surface area contributed by atoms with Crippen molar-refractivity contribution in [1.82, 2.24) is 25.1 Å². The van der Waals surface area contributed by atoms with Gasteiger partial charge in [0.15, 0.2) is 0 Å². The van der Waals surface area contributed by atoms with Gasteiger partial charge < -0.3 is 5.32 Å². The van der Waals surface area contributed by atoms with Crippen LogP contribution in [0, 0.1) is 0 Å². The van der Waals surface area contributed by atoms with Gasteiger partial charge in [0, 0.05) is 30.9 Å². The fourth-order valence-electron chi connectivity index (χ4n) is 1.79. The number of hydrogen-bond acceptors (Lipinski definition) is 4. The summed E-state index contributed by atoms with van der Waals surface area (Å²) < 4.78 is 1.94. The van der Waals surface area contributed by atoms with E-state index in [-0.39, 0.29) is 0 Å². The second-order valence-electron chi connectivity index (χ2n) is 4.46. The highest BCUT2D eigenvalue weighted by Crippen LogP contribution is 2.04. The lowest BCUT2D eigenvalue weighted by molar-refractivity contribution is 0.490. The largest absolute Gasteiger partial charge is 0.309 e. The number of nitrogens with zero attached hydrogens (tertiary/aromatic N) is 4. The Labute approximate surface area is 107 Å². The maximum atomic E-state index is 4.29. The van der Waals surface area contributed by atoms with E-state index in [0.717, 1.165) is 31.0 Å². The Morgan fingerprint density at radius 2 is 2.17 bits per heavy atom. The van der Waals surface area contributed by atoms with Crippen molar-refractivity contribution in [2.24, 2.45) is 0 Å². The van der Waals surface area contributed by atoms with Crippen molar-refractivity contribution in [1.29, 1.82) is 0 Å². The highest BCUT2D eigenvalue weighted by Gasteiger charge is 2.06. The Morgan fingerprint density at radius 1 is 1.28 bits per heavy atom. The van der Waals surface area contributed by atoms with E-state index in [1.165, 1.54) is 0 Å². The average molecular weight is 245 g/mol. The summed E-state index contributed by atoms with van der Waals surface area (Å²) in [6, 6.07) is 6.33. The van der Waals surface area contributed by atoms with E-state index >= 15 is 0 Å². The molecule has 0 saturated heterocycles. The molecular formula is C13H19N5. The molecule has 0 spiro atoms. The summed E-state index contributed by atoms with van der Waals surface area (Å²) in [6.07, 6.45) is 4.36. The molecule has 0 fully saturated rings. The van der Waals surface area contributed by atoms with Crippen molar-refractivity contribution >= 4 is 0 Å². The van der Waals surface area contributed by atoms with E-state index in [2.05, 4.69) is 34.2 Å². The molecule has 2 heterocycles. The monoisotopic (exact) mass is 245 g/mol. The summed E-state index contributed by atoms with van der Waals surface area (Å²) in [6.45, 7) is 5.84. The first kappa shape index (κ1) is 12.7. The lowest BCUT2D eigenvalue weighted by atomic mass is 10.3. The molecule has 0 bridgehead atoms. The van der Waals surface area contributed by atoms with Crippen LogP contribution in [0.5, 0.6) is 0 Å². The smallest absolute Gasteiger partial charge is 0.141 e. The molecular weight excluding hydrogens is 226 g/mol. The van der Waals surface area contributed by atoms with Crippen LogP contribution in [0.2, 0.25) is 0 Å². The average Bonchev–Trinajstić information content (AvgIpc) is 2.84. The van der Waals surface area contributed by atoms with Crippen molar-refractivity contribution in [3.8, 4) is 0 Å². The Kier molecular flexibility index (Phi) is 4.41. The molecule has 0 saturated carbocycles. The lowest BCUT2D eigenvalue weighted by Crippen LogP contribution is -2.21. The van der Waals surface area contributed by atoms with Crippen molar-refractivity contribution in [2.45, 2.75) is 32.9 Å². The first-order chi connectivity index (χ1) is 8.77. The first-order valence-corrected chi connectivity index (χ1v) is 6.26. The molecule has 5 nitrogen and oxygen atoms in total. The summed E-state index contributed by atoms with van der Waals surface area (Å²) in [7, 11) is 0. The molecule has 2 aromatic heterocycles. The molecule has 0 aliphatic carbocycles. The third kappa shape index (κ3) is 3.37. The minimum absolute atomic E-state index is 0.347. The summed E-state index contributed by atoms with van der Waals surface area (Å²) in [4.78, 5) is 8.54. The number of hydrogen-bond donors (Lipinski definition) is 1. The summed E-state index contributed by atoms with van der Waals surface area (Å²) in [5.74, 6) is 0.978. The predicted octanol–water partition coefficient (Wildman–Crippen LogP) is 1.59. The maximum Gasteiger partial charge on any atom is 0.141 e. The molecule has 18 heavy (non-hydrogen) atoms. The predicted molar refractivity (Wildman–Crippen MR) is 70.1 cm³/mol. The summed E-state index contributed by atoms with van der Waals surface area (Å²) in [5.41, 5.74) is 1.11. The van der Waals surface area contributed by atoms with Crippen molar-refractivity contribution < 1.29 is 0 Å². The van der Waals surface area contributed by atoms with Gasteiger partial charge in [-0.25, -0.2) is 9.67 Å². The lowest BCUT2D eigenvalue weighted by Gasteiger charge is -2.09. The van der Waals surface area contributed by atoms with Crippen LogP contribution in [0.25, 0.3) is 0 Å². The van der Waals surface area contributed by atoms with Crippen molar-refractivity contribution in [3.63, 3.8) is 0 Å². The van der Waals surface area contributed by atoms with Gasteiger partial charge in [-0.05, 0) is 26.0 Å². The van der Waals surface area contributed by atoms with Crippen LogP contribution in [-0.4, -0.2) is 26.3 Å². The Morgan fingerprint density at radius 3 is 2.89 bits per heavy atom. The second-order valence-corrected chi connectivity index (χ2v) is 4.46. The van der Waals surface area contributed by atoms with Gasteiger partial charge in [-0.2, -0.15) is 5.10 Å². The van der Waals surface area contributed by atoms with Crippen LogP contribution in [0.3, 0.4) is 0 Å². The third-order valence-electron chi connectivity index (χ3n) is 2.70. The van der Waals surface area contributed by atoms with E-state index < -0.39 is 0 Å². The van der Waals surface area contributed by atoms with Crippen LogP contribution < -0.4 is 5.32 Å². The fraction of sp³-hybridized carbons (Fsp3) is 0.462. The van der Waals surface area contributed by atoms with Gasteiger partial charge >= 0.3 is 0 Å². The van der Waals surface area contributed by atoms with Crippen molar-refractivity contribution in [2.75, 3.05) is 6.54 Å². The molecule has 2 aromatic rings. The maximum absolute atomic E-state index is 4.29. The third-order valence-corrected chi connectivity index (χ3v) is 2.70. The highest BCUT2D eigenvalue weighted by molar-refractivity contribution is 5.03. The summed E-state index contributed by atoms with van der Waals surface area (Å²) >= 11 is 0. The van der Waals surface area contributed by atoms with Gasteiger partial charge in [0.05, 0.1) is 6.54 Å². The number of rotatable bonds is 6. The van der Waals surface area contributed by atoms with E-state index in [9.17, 15) is 0 Å².